The number of alkyl halides is 4. The number of hydrogen-bond acceptors (Lipinski definition) is 5. The molecule has 29 heavy (non-hydrogen) atoms. The van der Waals surface area contributed by atoms with Gasteiger partial charge in [-0.05, 0) is 24.3 Å². The van der Waals surface area contributed by atoms with Crippen LogP contribution < -0.4 is 0 Å². The summed E-state index contributed by atoms with van der Waals surface area (Å²) in [4.78, 5) is 40.8. The average molecular weight is 413 g/mol. The van der Waals surface area contributed by atoms with Crippen LogP contribution in [0.15, 0.2) is 36.7 Å². The fourth-order valence-corrected chi connectivity index (χ4v) is 2.71. The largest absolute Gasteiger partial charge is 0.400 e. The smallest absolute Gasteiger partial charge is 0.263 e. The second kappa shape index (κ2) is 10.6. The van der Waals surface area contributed by atoms with Crippen LogP contribution in [0.1, 0.15) is 68.9 Å². The van der Waals surface area contributed by atoms with Gasteiger partial charge in [0.2, 0.25) is 0 Å². The first-order valence-electron chi connectivity index (χ1n) is 8.53. The highest BCUT2D eigenvalue weighted by Crippen LogP contribution is 2.32. The fourth-order valence-electron chi connectivity index (χ4n) is 2.71. The third kappa shape index (κ3) is 4.92. The summed E-state index contributed by atoms with van der Waals surface area (Å²) < 4.78 is 51.6. The number of aromatic nitrogens is 1. The lowest BCUT2D eigenvalue weighted by Crippen LogP contribution is -2.26. The van der Waals surface area contributed by atoms with Crippen LogP contribution in [0.3, 0.4) is 0 Å². The second-order valence-electron chi connectivity index (χ2n) is 5.44. The normalized spacial score (nSPS) is 14.8. The van der Waals surface area contributed by atoms with E-state index < -0.39 is 52.8 Å². The van der Waals surface area contributed by atoms with Gasteiger partial charge in [-0.2, -0.15) is 0 Å². The highest BCUT2D eigenvalue weighted by atomic mass is 19.3. The number of hydrogen-bond donors (Lipinski definition) is 1. The standard InChI is InChI=1S/C17H9F4NO3.C2H6.CH4O/c18-16(19)8-3-7(4-9(5-8)17(20)21)13(23)12-14(24)10-1-2-22-6-11(10)15(12)25;2*1-2/h1-6,12,16-17H;1-2H3;2H,1H3. The number of aliphatic hydroxyl groups is 1. The van der Waals surface area contributed by atoms with Gasteiger partial charge in [0.25, 0.3) is 12.9 Å². The van der Waals surface area contributed by atoms with E-state index in [-0.39, 0.29) is 11.1 Å². The van der Waals surface area contributed by atoms with Gasteiger partial charge >= 0.3 is 0 Å². The highest BCUT2D eigenvalue weighted by molar-refractivity contribution is 6.37. The van der Waals surface area contributed by atoms with Crippen molar-refractivity contribution in [2.45, 2.75) is 26.7 Å². The van der Waals surface area contributed by atoms with E-state index in [2.05, 4.69) is 4.98 Å². The maximum atomic E-state index is 12.9. The third-order valence-corrected chi connectivity index (χ3v) is 3.90. The predicted octanol–water partition coefficient (Wildman–Crippen LogP) is 4.47. The summed E-state index contributed by atoms with van der Waals surface area (Å²) in [6, 6.07) is 3.30. The summed E-state index contributed by atoms with van der Waals surface area (Å²) in [5.74, 6) is -4.47. The van der Waals surface area contributed by atoms with E-state index in [1.54, 1.807) is 0 Å². The number of Topliss-reactive ketones (excluding diaryl/α,β-unsaturated/α-hetero) is 3. The third-order valence-electron chi connectivity index (χ3n) is 3.90. The second-order valence-corrected chi connectivity index (χ2v) is 5.44. The van der Waals surface area contributed by atoms with Crippen molar-refractivity contribution in [3.05, 3.63) is 64.5 Å². The van der Waals surface area contributed by atoms with Gasteiger partial charge in [-0.3, -0.25) is 19.4 Å². The van der Waals surface area contributed by atoms with Crippen molar-refractivity contribution < 1.29 is 37.1 Å². The van der Waals surface area contributed by atoms with Crippen LogP contribution in [-0.2, 0) is 0 Å². The molecule has 156 valence electrons. The highest BCUT2D eigenvalue weighted by Gasteiger charge is 2.43. The lowest BCUT2D eigenvalue weighted by molar-refractivity contribution is 0.0756. The number of halogens is 4. The van der Waals surface area contributed by atoms with E-state index in [9.17, 15) is 31.9 Å². The number of carbonyl (C=O) groups is 3. The summed E-state index contributed by atoms with van der Waals surface area (Å²) in [5, 5.41) is 7.00. The minimum Gasteiger partial charge on any atom is -0.400 e. The summed E-state index contributed by atoms with van der Waals surface area (Å²) in [6.07, 6.45) is -3.77. The molecule has 1 aliphatic rings. The van der Waals surface area contributed by atoms with Gasteiger partial charge in [0.1, 0.15) is 5.92 Å². The Labute approximate surface area is 164 Å². The van der Waals surface area contributed by atoms with E-state index in [4.69, 9.17) is 5.11 Å². The summed E-state index contributed by atoms with van der Waals surface area (Å²) >= 11 is 0. The van der Waals surface area contributed by atoms with Crippen molar-refractivity contribution in [3.63, 3.8) is 0 Å². The maximum absolute atomic E-state index is 12.9. The summed E-state index contributed by atoms with van der Waals surface area (Å²) in [6.45, 7) is 4.00. The number of pyridine rings is 1. The van der Waals surface area contributed by atoms with Crippen molar-refractivity contribution in [3.8, 4) is 0 Å². The van der Waals surface area contributed by atoms with Crippen LogP contribution in [0.25, 0.3) is 0 Å². The minimum absolute atomic E-state index is 0.00236. The quantitative estimate of drug-likeness (QED) is 0.454. The molecule has 1 heterocycles. The number of nitrogens with zero attached hydrogens (tertiary/aromatic N) is 1. The predicted molar refractivity (Wildman–Crippen MR) is 96.6 cm³/mol. The first-order valence-corrected chi connectivity index (χ1v) is 8.53. The van der Waals surface area contributed by atoms with E-state index in [1.807, 2.05) is 13.8 Å². The van der Waals surface area contributed by atoms with E-state index >= 15 is 0 Å². The molecule has 0 saturated heterocycles. The first kappa shape index (κ1) is 24.1. The molecule has 0 fully saturated rings. The first-order chi connectivity index (χ1) is 13.8. The molecule has 1 N–H and O–H groups in total. The van der Waals surface area contributed by atoms with Crippen LogP contribution >= 0.6 is 0 Å². The number of benzene rings is 1. The van der Waals surface area contributed by atoms with Crippen molar-refractivity contribution in [2.75, 3.05) is 7.11 Å². The molecule has 0 spiro atoms. The number of ketones is 3. The zero-order valence-corrected chi connectivity index (χ0v) is 15.8. The molecule has 0 bridgehead atoms. The molecule has 1 aromatic carbocycles. The van der Waals surface area contributed by atoms with Crippen LogP contribution in [-0.4, -0.2) is 34.6 Å². The van der Waals surface area contributed by atoms with Gasteiger partial charge in [-0.15, -0.1) is 0 Å². The van der Waals surface area contributed by atoms with Crippen molar-refractivity contribution >= 4 is 17.3 Å². The van der Waals surface area contributed by atoms with Crippen LogP contribution in [0.5, 0.6) is 0 Å². The SMILES string of the molecule is CC.CO.O=C(c1cc(C(F)F)cc(C(F)F)c1)C1C(=O)c2ccncc2C1=O. The molecule has 9 heteroatoms. The molecule has 3 rings (SSSR count). The van der Waals surface area contributed by atoms with E-state index in [0.717, 1.165) is 25.4 Å². The number of aliphatic hydroxyl groups excluding tert-OH is 1. The zero-order valence-electron chi connectivity index (χ0n) is 15.8. The van der Waals surface area contributed by atoms with Crippen molar-refractivity contribution in [2.24, 2.45) is 5.92 Å². The van der Waals surface area contributed by atoms with Gasteiger partial charge < -0.3 is 5.11 Å². The lowest BCUT2D eigenvalue weighted by atomic mass is 9.91. The fraction of sp³-hybridized carbons (Fsp3) is 0.300. The molecule has 1 atom stereocenters. The Morgan fingerprint density at radius 1 is 0.931 bits per heavy atom. The summed E-state index contributed by atoms with van der Waals surface area (Å²) in [7, 11) is 1.00. The van der Waals surface area contributed by atoms with Gasteiger partial charge in [0.15, 0.2) is 17.3 Å². The van der Waals surface area contributed by atoms with Gasteiger partial charge in [-0.25, -0.2) is 17.6 Å². The lowest BCUT2D eigenvalue weighted by Gasteiger charge is -2.11. The number of rotatable bonds is 4. The molecular formula is C20H19F4NO4. The zero-order chi connectivity index (χ0) is 22.3. The molecule has 1 aliphatic carbocycles. The van der Waals surface area contributed by atoms with Gasteiger partial charge in [-0.1, -0.05) is 13.8 Å². The van der Waals surface area contributed by atoms with Crippen molar-refractivity contribution in [1.82, 2.24) is 4.98 Å². The Balaban J connectivity index is 0.000000989. The molecule has 0 amide bonds. The molecule has 0 radical (unpaired) electrons. The molecule has 0 saturated carbocycles. The molecule has 1 unspecified atom stereocenters. The maximum Gasteiger partial charge on any atom is 0.263 e. The Morgan fingerprint density at radius 2 is 1.41 bits per heavy atom. The summed E-state index contributed by atoms with van der Waals surface area (Å²) in [5.41, 5.74) is -2.14. The molecule has 5 nitrogen and oxygen atoms in total. The topological polar surface area (TPSA) is 84.3 Å². The van der Waals surface area contributed by atoms with E-state index in [0.29, 0.717) is 6.07 Å². The Hall–Kier alpha value is -2.94. The molecule has 0 aliphatic heterocycles. The Bertz CT molecular complexity index is 839. The Morgan fingerprint density at radius 3 is 1.86 bits per heavy atom. The van der Waals surface area contributed by atoms with E-state index in [1.165, 1.54) is 12.3 Å². The number of fused-ring (bicyclic) bond motifs is 1. The molecule has 1 aromatic heterocycles. The Kier molecular flexibility index (Phi) is 8.78. The molecular weight excluding hydrogens is 394 g/mol. The van der Waals surface area contributed by atoms with Gasteiger partial charge in [0, 0.05) is 47.3 Å². The monoisotopic (exact) mass is 413 g/mol. The van der Waals surface area contributed by atoms with Crippen molar-refractivity contribution in [1.29, 1.82) is 0 Å². The minimum atomic E-state index is -3.08. The van der Waals surface area contributed by atoms with Crippen LogP contribution in [0, 0.1) is 5.92 Å². The average Bonchev–Trinajstić information content (AvgIpc) is 3.00. The van der Waals surface area contributed by atoms with Gasteiger partial charge in [0.05, 0.1) is 0 Å². The van der Waals surface area contributed by atoms with Crippen LogP contribution in [0.2, 0.25) is 0 Å². The van der Waals surface area contributed by atoms with Crippen LogP contribution in [0.4, 0.5) is 17.6 Å². The molecule has 2 aromatic rings. The number of carbonyl (C=O) groups excluding carboxylic acids is 3.